The van der Waals surface area contributed by atoms with Gasteiger partial charge in [0.2, 0.25) is 5.82 Å². The Morgan fingerprint density at radius 2 is 1.82 bits per heavy atom. The van der Waals surface area contributed by atoms with Gasteiger partial charge in [0.25, 0.3) is 5.88 Å². The van der Waals surface area contributed by atoms with Gasteiger partial charge < -0.3 is 20.6 Å². The van der Waals surface area contributed by atoms with E-state index >= 15 is 0 Å². The summed E-state index contributed by atoms with van der Waals surface area (Å²) < 4.78 is 42.4. The van der Waals surface area contributed by atoms with E-state index in [1.807, 2.05) is 0 Å². The smallest absolute Gasteiger partial charge is 0.416 e. The highest BCUT2D eigenvalue weighted by Gasteiger charge is 2.30. The molecule has 0 saturated carbocycles. The highest BCUT2D eigenvalue weighted by Crippen LogP contribution is 2.33. The van der Waals surface area contributed by atoms with Gasteiger partial charge in [0.15, 0.2) is 0 Å². The van der Waals surface area contributed by atoms with Gasteiger partial charge in [-0.05, 0) is 45.8 Å². The van der Waals surface area contributed by atoms with E-state index < -0.39 is 33.5 Å². The molecule has 0 fully saturated rings. The SMILES string of the molecule is Nc1nc(Oc2ccc(C(F)(F)F)cc2)c(Cl)nc1[N+](=O)[O-]. The van der Waals surface area contributed by atoms with Crippen molar-refractivity contribution in [2.24, 2.45) is 0 Å². The lowest BCUT2D eigenvalue weighted by Crippen LogP contribution is -2.05. The molecule has 0 aliphatic carbocycles. The zero-order chi connectivity index (χ0) is 16.5. The van der Waals surface area contributed by atoms with Crippen LogP contribution in [-0.4, -0.2) is 14.9 Å². The van der Waals surface area contributed by atoms with Gasteiger partial charge in [0, 0.05) is 0 Å². The van der Waals surface area contributed by atoms with Crippen molar-refractivity contribution in [3.05, 3.63) is 45.1 Å². The highest BCUT2D eigenvalue weighted by atomic mass is 35.5. The van der Waals surface area contributed by atoms with E-state index in [9.17, 15) is 23.3 Å². The van der Waals surface area contributed by atoms with Crippen molar-refractivity contribution in [3.8, 4) is 11.6 Å². The van der Waals surface area contributed by atoms with E-state index in [1.54, 1.807) is 0 Å². The van der Waals surface area contributed by atoms with Crippen LogP contribution in [0.4, 0.5) is 24.8 Å². The molecular formula is C11H6ClF3N4O3. The van der Waals surface area contributed by atoms with Crippen molar-refractivity contribution < 1.29 is 22.8 Å². The van der Waals surface area contributed by atoms with Gasteiger partial charge in [0.05, 0.1) is 5.56 Å². The molecule has 0 unspecified atom stereocenters. The first-order valence-electron chi connectivity index (χ1n) is 5.51. The first-order valence-corrected chi connectivity index (χ1v) is 5.89. The van der Waals surface area contributed by atoms with Gasteiger partial charge in [0.1, 0.15) is 5.75 Å². The van der Waals surface area contributed by atoms with Gasteiger partial charge >= 0.3 is 17.1 Å². The molecule has 0 radical (unpaired) electrons. The number of nitrogen functional groups attached to an aromatic ring is 1. The predicted molar refractivity (Wildman–Crippen MR) is 69.6 cm³/mol. The largest absolute Gasteiger partial charge is 0.435 e. The average Bonchev–Trinajstić information content (AvgIpc) is 2.41. The fraction of sp³-hybridized carbons (Fsp3) is 0.0909. The number of nitrogens with zero attached hydrogens (tertiary/aromatic N) is 3. The summed E-state index contributed by atoms with van der Waals surface area (Å²) in [6.07, 6.45) is -4.48. The molecule has 0 spiro atoms. The normalized spacial score (nSPS) is 11.3. The van der Waals surface area contributed by atoms with E-state index in [-0.39, 0.29) is 11.6 Å². The van der Waals surface area contributed by atoms with Crippen molar-refractivity contribution in [1.82, 2.24) is 9.97 Å². The number of aromatic nitrogens is 2. The Balaban J connectivity index is 2.28. The number of benzene rings is 1. The molecule has 0 aliphatic heterocycles. The van der Waals surface area contributed by atoms with Crippen molar-refractivity contribution in [3.63, 3.8) is 0 Å². The second kappa shape index (κ2) is 5.64. The molecule has 1 aromatic heterocycles. The summed E-state index contributed by atoms with van der Waals surface area (Å²) in [6, 6.07) is 3.67. The topological polar surface area (TPSA) is 104 Å². The van der Waals surface area contributed by atoms with Crippen LogP contribution in [0.2, 0.25) is 5.15 Å². The summed E-state index contributed by atoms with van der Waals surface area (Å²) in [5.41, 5.74) is 4.46. The van der Waals surface area contributed by atoms with Crippen molar-refractivity contribution in [2.45, 2.75) is 6.18 Å². The Bertz CT molecular complexity index is 722. The molecule has 1 heterocycles. The zero-order valence-corrected chi connectivity index (χ0v) is 11.2. The second-order valence-electron chi connectivity index (χ2n) is 3.91. The monoisotopic (exact) mass is 334 g/mol. The van der Waals surface area contributed by atoms with Crippen LogP contribution >= 0.6 is 11.6 Å². The van der Waals surface area contributed by atoms with E-state index in [4.69, 9.17) is 22.1 Å². The fourth-order valence-corrected chi connectivity index (χ4v) is 1.59. The highest BCUT2D eigenvalue weighted by molar-refractivity contribution is 6.30. The molecule has 11 heteroatoms. The van der Waals surface area contributed by atoms with Crippen LogP contribution in [0, 0.1) is 10.1 Å². The third-order valence-corrected chi connectivity index (χ3v) is 2.65. The minimum atomic E-state index is -4.48. The van der Waals surface area contributed by atoms with Gasteiger partial charge in [-0.2, -0.15) is 18.2 Å². The summed E-state index contributed by atoms with van der Waals surface area (Å²) in [5.74, 6) is -1.65. The molecule has 7 nitrogen and oxygen atoms in total. The number of hydrogen-bond acceptors (Lipinski definition) is 6. The summed E-state index contributed by atoms with van der Waals surface area (Å²) in [7, 11) is 0. The molecule has 0 saturated heterocycles. The molecular weight excluding hydrogens is 329 g/mol. The van der Waals surface area contributed by atoms with E-state index in [0.717, 1.165) is 24.3 Å². The first kappa shape index (κ1) is 15.8. The Hall–Kier alpha value is -2.62. The molecule has 0 amide bonds. The third kappa shape index (κ3) is 3.34. The number of rotatable bonds is 3. The van der Waals surface area contributed by atoms with Crippen LogP contribution in [0.15, 0.2) is 24.3 Å². The van der Waals surface area contributed by atoms with Crippen molar-refractivity contribution >= 4 is 23.2 Å². The average molecular weight is 335 g/mol. The molecule has 2 rings (SSSR count). The molecule has 0 aliphatic rings. The molecule has 116 valence electrons. The summed E-state index contributed by atoms with van der Waals surface area (Å²) in [4.78, 5) is 16.7. The fourth-order valence-electron chi connectivity index (χ4n) is 1.43. The van der Waals surface area contributed by atoms with Crippen LogP contribution in [0.3, 0.4) is 0 Å². The van der Waals surface area contributed by atoms with Gasteiger partial charge in [-0.15, -0.1) is 0 Å². The minimum absolute atomic E-state index is 0.0162. The van der Waals surface area contributed by atoms with Crippen LogP contribution < -0.4 is 10.5 Å². The minimum Gasteiger partial charge on any atom is -0.435 e. The third-order valence-electron chi connectivity index (χ3n) is 2.40. The van der Waals surface area contributed by atoms with Gasteiger partial charge in [-0.25, -0.2) is 0 Å². The molecule has 2 N–H and O–H groups in total. The number of nitrogens with two attached hydrogens (primary N) is 1. The van der Waals surface area contributed by atoms with Crippen molar-refractivity contribution in [2.75, 3.05) is 5.73 Å². The number of hydrogen-bond donors (Lipinski definition) is 1. The number of anilines is 1. The molecule has 1 aromatic carbocycles. The Morgan fingerprint density at radius 1 is 1.23 bits per heavy atom. The maximum absolute atomic E-state index is 12.4. The summed E-state index contributed by atoms with van der Waals surface area (Å²) in [5, 5.41) is 10.1. The van der Waals surface area contributed by atoms with Crippen LogP contribution in [0.1, 0.15) is 5.56 Å². The second-order valence-corrected chi connectivity index (χ2v) is 4.27. The lowest BCUT2D eigenvalue weighted by atomic mass is 10.2. The number of alkyl halides is 3. The molecule has 22 heavy (non-hydrogen) atoms. The van der Waals surface area contributed by atoms with E-state index in [0.29, 0.717) is 0 Å². The van der Waals surface area contributed by atoms with E-state index in [2.05, 4.69) is 9.97 Å². The molecule has 2 aromatic rings. The van der Waals surface area contributed by atoms with Gasteiger partial charge in [-0.3, -0.25) is 0 Å². The van der Waals surface area contributed by atoms with Crippen LogP contribution in [-0.2, 0) is 6.18 Å². The maximum Gasteiger partial charge on any atom is 0.416 e. The van der Waals surface area contributed by atoms with Crippen LogP contribution in [0.5, 0.6) is 11.6 Å². The predicted octanol–water partition coefficient (Wildman–Crippen LogP) is 3.43. The maximum atomic E-state index is 12.4. The number of ether oxygens (including phenoxy) is 1. The molecule has 0 atom stereocenters. The van der Waals surface area contributed by atoms with E-state index in [1.165, 1.54) is 0 Å². The zero-order valence-electron chi connectivity index (χ0n) is 10.5. The molecule has 0 bridgehead atoms. The van der Waals surface area contributed by atoms with Crippen LogP contribution in [0.25, 0.3) is 0 Å². The Morgan fingerprint density at radius 3 is 2.32 bits per heavy atom. The van der Waals surface area contributed by atoms with Gasteiger partial charge in [-0.1, -0.05) is 0 Å². The number of halogens is 4. The summed E-state index contributed by atoms with van der Waals surface area (Å²) in [6.45, 7) is 0. The number of nitro groups is 1. The lowest BCUT2D eigenvalue weighted by molar-refractivity contribution is -0.388. The Kier molecular flexibility index (Phi) is 4.04. The first-order chi connectivity index (χ1) is 10.2. The van der Waals surface area contributed by atoms with Crippen molar-refractivity contribution in [1.29, 1.82) is 0 Å². The standard InChI is InChI=1S/C11H6ClF3N4O3/c12-7-10(18-8(16)9(17-7)19(20)21)22-6-3-1-5(2-4-6)11(13,14)15/h1-4H,(H2,16,18). The lowest BCUT2D eigenvalue weighted by Gasteiger charge is -2.08. The quantitative estimate of drug-likeness (QED) is 0.681. The summed E-state index contributed by atoms with van der Waals surface area (Å²) >= 11 is 5.66. The Labute approximate surface area is 125 Å².